The maximum Gasteiger partial charge on any atom is 0.303 e. The monoisotopic (exact) mass is 377 g/mol. The van der Waals surface area contributed by atoms with Crippen molar-refractivity contribution in [3.63, 3.8) is 0 Å². The molecule has 1 saturated heterocycles. The fourth-order valence-corrected chi connectivity index (χ4v) is 2.96. The highest BCUT2D eigenvalue weighted by atomic mass is 16.6. The standard InChI is InChI=1S/C18H23N3O6/c1-12(22)27-13(9-21-3-5-25-6-4-21)10-26-17-8-15-14(7-16(17)24-2)18(23)20-11-19-15/h7-8,11,13H,3-6,9-10H2,1-2H3,(H,19,20,23). The molecule has 0 radical (unpaired) electrons. The molecule has 1 aliphatic rings. The number of H-pyrrole nitrogens is 1. The molecule has 9 nitrogen and oxygen atoms in total. The molecule has 2 heterocycles. The van der Waals surface area contributed by atoms with Crippen LogP contribution in [-0.4, -0.2) is 73.5 Å². The Hall–Kier alpha value is -2.65. The van der Waals surface area contributed by atoms with Crippen LogP contribution in [0.15, 0.2) is 23.3 Å². The van der Waals surface area contributed by atoms with Crippen LogP contribution in [0.1, 0.15) is 6.92 Å². The summed E-state index contributed by atoms with van der Waals surface area (Å²) in [5.74, 6) is 0.478. The van der Waals surface area contributed by atoms with Gasteiger partial charge in [-0.2, -0.15) is 0 Å². The number of fused-ring (bicyclic) bond motifs is 1. The topological polar surface area (TPSA) is 103 Å². The van der Waals surface area contributed by atoms with Gasteiger partial charge in [-0.05, 0) is 6.07 Å². The van der Waals surface area contributed by atoms with Crippen molar-refractivity contribution in [1.82, 2.24) is 14.9 Å². The molecular formula is C18H23N3O6. The number of esters is 1. The van der Waals surface area contributed by atoms with Gasteiger partial charge in [0.1, 0.15) is 12.7 Å². The zero-order chi connectivity index (χ0) is 19.2. The van der Waals surface area contributed by atoms with Crippen molar-refractivity contribution in [3.8, 4) is 11.5 Å². The van der Waals surface area contributed by atoms with Crippen molar-refractivity contribution < 1.29 is 23.7 Å². The van der Waals surface area contributed by atoms with Crippen molar-refractivity contribution in [1.29, 1.82) is 0 Å². The second-order valence-corrected chi connectivity index (χ2v) is 6.21. The minimum absolute atomic E-state index is 0.155. The number of aromatic amines is 1. The SMILES string of the molecule is COc1cc2c(=O)[nH]cnc2cc1OCC(CN1CCOCC1)OC(C)=O. The Balaban J connectivity index is 1.75. The van der Waals surface area contributed by atoms with Crippen molar-refractivity contribution >= 4 is 16.9 Å². The lowest BCUT2D eigenvalue weighted by molar-refractivity contribution is -0.149. The Morgan fingerprint density at radius 2 is 2.11 bits per heavy atom. The van der Waals surface area contributed by atoms with E-state index in [1.807, 2.05) is 0 Å². The van der Waals surface area contributed by atoms with E-state index in [4.69, 9.17) is 18.9 Å². The molecule has 0 amide bonds. The van der Waals surface area contributed by atoms with Crippen LogP contribution in [0, 0.1) is 0 Å². The number of hydrogen-bond donors (Lipinski definition) is 1. The van der Waals surface area contributed by atoms with Gasteiger partial charge in [0, 0.05) is 32.6 Å². The van der Waals surface area contributed by atoms with Crippen LogP contribution in [0.5, 0.6) is 11.5 Å². The normalized spacial score (nSPS) is 16.1. The van der Waals surface area contributed by atoms with Crippen LogP contribution in [0.25, 0.3) is 10.9 Å². The molecule has 1 atom stereocenters. The summed E-state index contributed by atoms with van der Waals surface area (Å²) >= 11 is 0. The minimum Gasteiger partial charge on any atom is -0.493 e. The Labute approximate surface area is 156 Å². The molecule has 1 aromatic carbocycles. The van der Waals surface area contributed by atoms with E-state index in [9.17, 15) is 9.59 Å². The summed E-state index contributed by atoms with van der Waals surface area (Å²) in [6, 6.07) is 3.22. The largest absolute Gasteiger partial charge is 0.493 e. The van der Waals surface area contributed by atoms with E-state index < -0.39 is 6.10 Å². The van der Waals surface area contributed by atoms with Gasteiger partial charge in [0.2, 0.25) is 0 Å². The van der Waals surface area contributed by atoms with Crippen LogP contribution in [0.2, 0.25) is 0 Å². The van der Waals surface area contributed by atoms with Gasteiger partial charge in [-0.1, -0.05) is 0 Å². The molecule has 2 aromatic rings. The van der Waals surface area contributed by atoms with Crippen LogP contribution in [-0.2, 0) is 14.3 Å². The number of nitrogens with one attached hydrogen (secondary N) is 1. The second kappa shape index (κ2) is 8.83. The molecule has 0 bridgehead atoms. The van der Waals surface area contributed by atoms with E-state index in [2.05, 4.69) is 14.9 Å². The highest BCUT2D eigenvalue weighted by molar-refractivity contribution is 5.81. The van der Waals surface area contributed by atoms with Crippen LogP contribution >= 0.6 is 0 Å². The quantitative estimate of drug-likeness (QED) is 0.699. The molecule has 9 heteroatoms. The molecule has 1 aliphatic heterocycles. The van der Waals surface area contributed by atoms with Crippen molar-refractivity contribution in [3.05, 3.63) is 28.8 Å². The van der Waals surface area contributed by atoms with Gasteiger partial charge in [0.15, 0.2) is 11.5 Å². The molecule has 0 aliphatic carbocycles. The first-order valence-electron chi connectivity index (χ1n) is 8.72. The molecule has 0 saturated carbocycles. The van der Waals surface area contributed by atoms with E-state index >= 15 is 0 Å². The van der Waals surface area contributed by atoms with Crippen molar-refractivity contribution in [2.45, 2.75) is 13.0 Å². The molecule has 1 aromatic heterocycles. The number of rotatable bonds is 7. The third kappa shape index (κ3) is 4.95. The number of hydrogen-bond acceptors (Lipinski definition) is 8. The van der Waals surface area contributed by atoms with E-state index in [1.165, 1.54) is 20.4 Å². The number of methoxy groups -OCH3 is 1. The number of nitrogens with zero attached hydrogens (tertiary/aromatic N) is 2. The first-order valence-corrected chi connectivity index (χ1v) is 8.72. The number of aromatic nitrogens is 2. The van der Waals surface area contributed by atoms with Gasteiger partial charge >= 0.3 is 5.97 Å². The molecule has 27 heavy (non-hydrogen) atoms. The predicted octanol–water partition coefficient (Wildman–Crippen LogP) is 0.574. The lowest BCUT2D eigenvalue weighted by Crippen LogP contribution is -2.43. The van der Waals surface area contributed by atoms with Crippen LogP contribution in [0.3, 0.4) is 0 Å². The van der Waals surface area contributed by atoms with Gasteiger partial charge in [-0.25, -0.2) is 4.98 Å². The zero-order valence-corrected chi connectivity index (χ0v) is 15.4. The third-order valence-electron chi connectivity index (χ3n) is 4.25. The maximum atomic E-state index is 11.9. The third-order valence-corrected chi connectivity index (χ3v) is 4.25. The first kappa shape index (κ1) is 19.1. The lowest BCUT2D eigenvalue weighted by atomic mass is 10.2. The molecule has 1 fully saturated rings. The fraction of sp³-hybridized carbons (Fsp3) is 0.500. The summed E-state index contributed by atoms with van der Waals surface area (Å²) in [7, 11) is 1.50. The maximum absolute atomic E-state index is 11.9. The Morgan fingerprint density at radius 1 is 1.33 bits per heavy atom. The number of ether oxygens (including phenoxy) is 4. The Bertz CT molecular complexity index is 847. The summed E-state index contributed by atoms with van der Waals surface area (Å²) in [5, 5.41) is 0.409. The van der Waals surface area contributed by atoms with E-state index in [1.54, 1.807) is 12.1 Å². The zero-order valence-electron chi connectivity index (χ0n) is 15.4. The number of carbonyl (C=O) groups is 1. The van der Waals surface area contributed by atoms with Gasteiger partial charge in [-0.15, -0.1) is 0 Å². The molecule has 3 rings (SSSR count). The average molecular weight is 377 g/mol. The molecule has 1 unspecified atom stereocenters. The minimum atomic E-state index is -0.437. The first-order chi connectivity index (χ1) is 13.1. The number of benzene rings is 1. The molecule has 146 valence electrons. The average Bonchev–Trinajstić information content (AvgIpc) is 2.66. The molecule has 0 spiro atoms. The van der Waals surface area contributed by atoms with Crippen molar-refractivity contribution in [2.75, 3.05) is 46.6 Å². The van der Waals surface area contributed by atoms with E-state index in [0.29, 0.717) is 42.2 Å². The van der Waals surface area contributed by atoms with E-state index in [-0.39, 0.29) is 18.1 Å². The highest BCUT2D eigenvalue weighted by Gasteiger charge is 2.21. The lowest BCUT2D eigenvalue weighted by Gasteiger charge is -2.30. The van der Waals surface area contributed by atoms with Gasteiger partial charge in [-0.3, -0.25) is 14.5 Å². The smallest absolute Gasteiger partial charge is 0.303 e. The van der Waals surface area contributed by atoms with Gasteiger partial charge < -0.3 is 23.9 Å². The van der Waals surface area contributed by atoms with Crippen LogP contribution in [0.4, 0.5) is 0 Å². The van der Waals surface area contributed by atoms with Gasteiger partial charge in [0.25, 0.3) is 5.56 Å². The van der Waals surface area contributed by atoms with E-state index in [0.717, 1.165) is 13.1 Å². The summed E-state index contributed by atoms with van der Waals surface area (Å²) in [4.78, 5) is 32.2. The number of carbonyl (C=O) groups excluding carboxylic acids is 1. The summed E-state index contributed by atoms with van der Waals surface area (Å²) in [6.07, 6.45) is 0.897. The van der Waals surface area contributed by atoms with Crippen molar-refractivity contribution in [2.24, 2.45) is 0 Å². The second-order valence-electron chi connectivity index (χ2n) is 6.21. The Kier molecular flexibility index (Phi) is 6.25. The Morgan fingerprint density at radius 3 is 2.81 bits per heavy atom. The highest BCUT2D eigenvalue weighted by Crippen LogP contribution is 2.30. The molecular weight excluding hydrogens is 354 g/mol. The van der Waals surface area contributed by atoms with Crippen LogP contribution < -0.4 is 15.0 Å². The summed E-state index contributed by atoms with van der Waals surface area (Å²) < 4.78 is 21.9. The van der Waals surface area contributed by atoms with Gasteiger partial charge in [0.05, 0.1) is 37.6 Å². The fourth-order valence-electron chi connectivity index (χ4n) is 2.96. The number of morpholine rings is 1. The molecule has 1 N–H and O–H groups in total. The predicted molar refractivity (Wildman–Crippen MR) is 97.2 cm³/mol. The summed E-state index contributed by atoms with van der Waals surface area (Å²) in [6.45, 7) is 4.96. The summed E-state index contributed by atoms with van der Waals surface area (Å²) in [5.41, 5.74) is 0.238.